The molecule has 1 aliphatic heterocycles. The molecular formula is C18H19NOS. The van der Waals surface area contributed by atoms with E-state index in [4.69, 9.17) is 4.74 Å². The van der Waals surface area contributed by atoms with Crippen LogP contribution < -0.4 is 4.90 Å². The van der Waals surface area contributed by atoms with E-state index in [9.17, 15) is 0 Å². The van der Waals surface area contributed by atoms with Gasteiger partial charge in [0.15, 0.2) is 0 Å². The monoisotopic (exact) mass is 297 g/mol. The van der Waals surface area contributed by atoms with Gasteiger partial charge in [-0.2, -0.15) is 0 Å². The summed E-state index contributed by atoms with van der Waals surface area (Å²) in [5, 5.41) is 0. The van der Waals surface area contributed by atoms with Crippen LogP contribution in [0.4, 0.5) is 5.69 Å². The smallest absolute Gasteiger partial charge is 0.140 e. The van der Waals surface area contributed by atoms with Crippen molar-refractivity contribution in [2.24, 2.45) is 0 Å². The van der Waals surface area contributed by atoms with Crippen molar-refractivity contribution < 1.29 is 4.74 Å². The van der Waals surface area contributed by atoms with Crippen LogP contribution in [0.15, 0.2) is 54.6 Å². The third kappa shape index (κ3) is 3.08. The molecule has 0 radical (unpaired) electrons. The molecule has 21 heavy (non-hydrogen) atoms. The van der Waals surface area contributed by atoms with Crippen molar-refractivity contribution in [1.82, 2.24) is 0 Å². The minimum Gasteiger partial charge on any atom is -0.491 e. The summed E-state index contributed by atoms with van der Waals surface area (Å²) in [5.41, 5.74) is 3.59. The van der Waals surface area contributed by atoms with Gasteiger partial charge in [0.25, 0.3) is 0 Å². The van der Waals surface area contributed by atoms with Crippen molar-refractivity contribution in [1.29, 1.82) is 0 Å². The second kappa shape index (κ2) is 6.27. The average Bonchev–Trinajstić information content (AvgIpc) is 2.56. The number of benzene rings is 2. The second-order valence-corrected chi connectivity index (χ2v) is 6.27. The average molecular weight is 297 g/mol. The lowest BCUT2D eigenvalue weighted by atomic mass is 10.1. The zero-order chi connectivity index (χ0) is 14.7. The number of hydrogen-bond donors (Lipinski definition) is 0. The lowest BCUT2D eigenvalue weighted by Crippen LogP contribution is -2.09. The van der Waals surface area contributed by atoms with Crippen LogP contribution in [0.3, 0.4) is 0 Å². The van der Waals surface area contributed by atoms with E-state index in [1.165, 1.54) is 16.2 Å². The highest BCUT2D eigenvalue weighted by atomic mass is 32.2. The van der Waals surface area contributed by atoms with Gasteiger partial charge in [0.1, 0.15) is 5.76 Å². The summed E-state index contributed by atoms with van der Waals surface area (Å²) in [6, 6.07) is 19.0. The lowest BCUT2D eigenvalue weighted by molar-refractivity contribution is 0.301. The maximum atomic E-state index is 5.96. The summed E-state index contributed by atoms with van der Waals surface area (Å²) in [5.74, 6) is 2.01. The van der Waals surface area contributed by atoms with Gasteiger partial charge in [-0.25, -0.2) is 0 Å². The fraction of sp³-hybridized carbons (Fsp3) is 0.222. The van der Waals surface area contributed by atoms with Gasteiger partial charge in [0, 0.05) is 31.1 Å². The molecule has 0 aliphatic carbocycles. The summed E-state index contributed by atoms with van der Waals surface area (Å²) in [6.45, 7) is 0.772. The Balaban J connectivity index is 2.02. The number of rotatable bonds is 3. The molecule has 0 spiro atoms. The number of nitrogens with zero attached hydrogens (tertiary/aromatic N) is 1. The van der Waals surface area contributed by atoms with Gasteiger partial charge in [-0.05, 0) is 17.7 Å². The topological polar surface area (TPSA) is 12.5 Å². The van der Waals surface area contributed by atoms with Crippen LogP contribution in [0, 0.1) is 0 Å². The van der Waals surface area contributed by atoms with Gasteiger partial charge in [-0.15, -0.1) is 11.8 Å². The van der Waals surface area contributed by atoms with E-state index >= 15 is 0 Å². The molecule has 1 heterocycles. The Labute approximate surface area is 130 Å². The Hall–Kier alpha value is -1.87. The van der Waals surface area contributed by atoms with E-state index < -0.39 is 0 Å². The van der Waals surface area contributed by atoms with Gasteiger partial charge >= 0.3 is 0 Å². The summed E-state index contributed by atoms with van der Waals surface area (Å²) in [6.07, 6.45) is 0. The molecule has 1 aliphatic rings. The van der Waals surface area contributed by atoms with Gasteiger partial charge in [-0.3, -0.25) is 0 Å². The summed E-state index contributed by atoms with van der Waals surface area (Å²) in [4.78, 5) is 3.35. The number of thioether (sulfide) groups is 1. The molecule has 2 aromatic rings. The first-order valence-corrected chi connectivity index (χ1v) is 8.07. The molecule has 0 unspecified atom stereocenters. The van der Waals surface area contributed by atoms with Crippen molar-refractivity contribution >= 4 is 28.1 Å². The lowest BCUT2D eigenvalue weighted by Gasteiger charge is -2.22. The Kier molecular flexibility index (Phi) is 4.20. The van der Waals surface area contributed by atoms with Gasteiger partial charge in [0.05, 0.1) is 11.5 Å². The summed E-state index contributed by atoms with van der Waals surface area (Å²) in [7, 11) is 4.12. The molecular weight excluding hydrogens is 278 g/mol. The van der Waals surface area contributed by atoms with E-state index in [1.807, 2.05) is 17.8 Å². The first-order chi connectivity index (χ1) is 10.3. The molecule has 0 fully saturated rings. The molecule has 0 atom stereocenters. The van der Waals surface area contributed by atoms with Crippen LogP contribution in [0.1, 0.15) is 11.1 Å². The molecule has 0 saturated carbocycles. The zero-order valence-corrected chi connectivity index (χ0v) is 13.2. The predicted molar refractivity (Wildman–Crippen MR) is 92.4 cm³/mol. The Morgan fingerprint density at radius 3 is 2.29 bits per heavy atom. The molecule has 108 valence electrons. The molecule has 3 heteroatoms. The summed E-state index contributed by atoms with van der Waals surface area (Å²) < 4.78 is 5.96. The van der Waals surface area contributed by atoms with E-state index in [0.29, 0.717) is 0 Å². The second-order valence-electron chi connectivity index (χ2n) is 5.16. The van der Waals surface area contributed by atoms with Gasteiger partial charge in [-0.1, -0.05) is 42.5 Å². The Bertz CT molecular complexity index is 632. The molecule has 2 nitrogen and oxygen atoms in total. The van der Waals surface area contributed by atoms with E-state index in [2.05, 4.69) is 67.5 Å². The highest BCUT2D eigenvalue weighted by Crippen LogP contribution is 2.39. The highest BCUT2D eigenvalue weighted by molar-refractivity contribution is 8.08. The van der Waals surface area contributed by atoms with Crippen LogP contribution in [0.25, 0.3) is 10.7 Å². The fourth-order valence-electron chi connectivity index (χ4n) is 2.35. The molecule has 0 saturated heterocycles. The van der Waals surface area contributed by atoms with Crippen molar-refractivity contribution in [2.75, 3.05) is 31.4 Å². The van der Waals surface area contributed by atoms with E-state index in [0.717, 1.165) is 23.7 Å². The Morgan fingerprint density at radius 2 is 1.62 bits per heavy atom. The normalized spacial score (nSPS) is 14.8. The molecule has 3 rings (SSSR count). The molecule has 0 bridgehead atoms. The molecule has 2 aromatic carbocycles. The van der Waals surface area contributed by atoms with Crippen LogP contribution >= 0.6 is 11.8 Å². The SMILES string of the molecule is CN(C)c1ccc(C2=C(c3ccccc3)OCCS2)cc1. The number of anilines is 1. The van der Waals surface area contributed by atoms with E-state index in [-0.39, 0.29) is 0 Å². The van der Waals surface area contributed by atoms with Crippen molar-refractivity contribution in [3.63, 3.8) is 0 Å². The van der Waals surface area contributed by atoms with E-state index in [1.54, 1.807) is 0 Å². The third-order valence-corrected chi connectivity index (χ3v) is 4.54. The quantitative estimate of drug-likeness (QED) is 0.836. The number of ether oxygens (including phenoxy) is 1. The predicted octanol–water partition coefficient (Wildman–Crippen LogP) is 4.34. The summed E-state index contributed by atoms with van der Waals surface area (Å²) >= 11 is 1.87. The van der Waals surface area contributed by atoms with Crippen molar-refractivity contribution in [3.8, 4) is 0 Å². The maximum absolute atomic E-state index is 5.96. The zero-order valence-electron chi connectivity index (χ0n) is 12.4. The van der Waals surface area contributed by atoms with Crippen LogP contribution in [0.2, 0.25) is 0 Å². The minimum absolute atomic E-state index is 0.772. The van der Waals surface area contributed by atoms with Crippen molar-refractivity contribution in [2.45, 2.75) is 0 Å². The minimum atomic E-state index is 0.772. The largest absolute Gasteiger partial charge is 0.491 e. The first-order valence-electron chi connectivity index (χ1n) is 7.09. The van der Waals surface area contributed by atoms with Crippen LogP contribution in [-0.2, 0) is 4.74 Å². The molecule has 0 N–H and O–H groups in total. The van der Waals surface area contributed by atoms with Gasteiger partial charge in [0.2, 0.25) is 0 Å². The standard InChI is InChI=1S/C18H19NOS/c1-19(2)16-10-8-15(9-11-16)18-17(20-12-13-21-18)14-6-4-3-5-7-14/h3-11H,12-13H2,1-2H3. The van der Waals surface area contributed by atoms with Crippen LogP contribution in [-0.4, -0.2) is 26.5 Å². The maximum Gasteiger partial charge on any atom is 0.140 e. The number of hydrogen-bond acceptors (Lipinski definition) is 3. The van der Waals surface area contributed by atoms with Gasteiger partial charge < -0.3 is 9.64 Å². The third-order valence-electron chi connectivity index (χ3n) is 3.46. The van der Waals surface area contributed by atoms with Crippen molar-refractivity contribution in [3.05, 3.63) is 65.7 Å². The molecule has 0 aromatic heterocycles. The Morgan fingerprint density at radius 1 is 0.905 bits per heavy atom. The fourth-order valence-corrected chi connectivity index (χ4v) is 3.33. The van der Waals surface area contributed by atoms with Crippen LogP contribution in [0.5, 0.6) is 0 Å². The molecule has 0 amide bonds. The first kappa shape index (κ1) is 14.1. The highest BCUT2D eigenvalue weighted by Gasteiger charge is 2.18.